The van der Waals surface area contributed by atoms with Crippen molar-refractivity contribution in [2.24, 2.45) is 5.73 Å². The van der Waals surface area contributed by atoms with E-state index in [-0.39, 0.29) is 5.41 Å². The number of aromatic nitrogens is 1. The molecule has 4 heteroatoms. The van der Waals surface area contributed by atoms with Crippen LogP contribution >= 0.6 is 15.9 Å². The van der Waals surface area contributed by atoms with Gasteiger partial charge < -0.3 is 10.2 Å². The summed E-state index contributed by atoms with van der Waals surface area (Å²) in [6, 6.07) is 5.96. The second-order valence-electron chi connectivity index (χ2n) is 5.53. The van der Waals surface area contributed by atoms with Crippen LogP contribution in [0.2, 0.25) is 0 Å². The van der Waals surface area contributed by atoms with E-state index in [0.717, 1.165) is 34.3 Å². The van der Waals surface area contributed by atoms with Crippen molar-refractivity contribution in [2.75, 3.05) is 6.54 Å². The van der Waals surface area contributed by atoms with Crippen molar-refractivity contribution in [1.29, 1.82) is 0 Å². The van der Waals surface area contributed by atoms with Gasteiger partial charge in [0.1, 0.15) is 5.52 Å². The molecule has 1 aliphatic carbocycles. The lowest BCUT2D eigenvalue weighted by Gasteiger charge is -2.27. The standard InChI is InChI=1S/C15H19BrN2O/c16-11-5-6-13-12(9-11)18-14(19-13)15(10-17)7-3-1-2-4-8-15/h5-6,9H,1-4,7-8,10,17H2. The molecule has 0 atom stereocenters. The largest absolute Gasteiger partial charge is 0.440 e. The summed E-state index contributed by atoms with van der Waals surface area (Å²) in [5.41, 5.74) is 7.80. The summed E-state index contributed by atoms with van der Waals surface area (Å²) in [6.07, 6.45) is 7.23. The summed E-state index contributed by atoms with van der Waals surface area (Å²) < 4.78 is 7.03. The lowest BCUT2D eigenvalue weighted by atomic mass is 9.80. The van der Waals surface area contributed by atoms with Gasteiger partial charge in [-0.1, -0.05) is 41.6 Å². The molecule has 0 spiro atoms. The number of hydrogen-bond acceptors (Lipinski definition) is 3. The molecule has 0 aliphatic heterocycles. The number of halogens is 1. The van der Waals surface area contributed by atoms with Gasteiger partial charge in [0.05, 0.1) is 5.41 Å². The van der Waals surface area contributed by atoms with Crippen molar-refractivity contribution in [3.8, 4) is 0 Å². The highest BCUT2D eigenvalue weighted by molar-refractivity contribution is 9.10. The molecule has 3 nitrogen and oxygen atoms in total. The predicted molar refractivity (Wildman–Crippen MR) is 80.1 cm³/mol. The lowest BCUT2D eigenvalue weighted by molar-refractivity contribution is 0.300. The molecule has 0 amide bonds. The molecule has 1 aromatic heterocycles. The Bertz CT molecular complexity index is 571. The molecule has 2 aromatic rings. The SMILES string of the molecule is NCC1(c2nc3cc(Br)ccc3o2)CCCCCC1. The number of oxazole rings is 1. The fraction of sp³-hybridized carbons (Fsp3) is 0.533. The zero-order chi connectivity index (χ0) is 13.3. The molecule has 1 aromatic carbocycles. The first-order valence-corrected chi connectivity index (χ1v) is 7.79. The Morgan fingerprint density at radius 3 is 2.63 bits per heavy atom. The van der Waals surface area contributed by atoms with E-state index in [2.05, 4.69) is 15.9 Å². The molecule has 1 aliphatic rings. The summed E-state index contributed by atoms with van der Waals surface area (Å²) in [5, 5.41) is 0. The average molecular weight is 323 g/mol. The van der Waals surface area contributed by atoms with Crippen LogP contribution in [0.15, 0.2) is 27.1 Å². The Morgan fingerprint density at radius 2 is 1.95 bits per heavy atom. The Kier molecular flexibility index (Phi) is 3.63. The molecule has 0 radical (unpaired) electrons. The van der Waals surface area contributed by atoms with Crippen LogP contribution in [0, 0.1) is 0 Å². The summed E-state index contributed by atoms with van der Waals surface area (Å²) in [4.78, 5) is 4.71. The van der Waals surface area contributed by atoms with Gasteiger partial charge in [0.2, 0.25) is 5.89 Å². The third kappa shape index (κ3) is 2.43. The molecule has 19 heavy (non-hydrogen) atoms. The van der Waals surface area contributed by atoms with E-state index in [0.29, 0.717) is 6.54 Å². The maximum absolute atomic E-state index is 6.08. The third-order valence-electron chi connectivity index (χ3n) is 4.25. The number of benzene rings is 1. The molecule has 0 unspecified atom stereocenters. The van der Waals surface area contributed by atoms with E-state index in [4.69, 9.17) is 15.1 Å². The second-order valence-corrected chi connectivity index (χ2v) is 6.45. The molecule has 1 heterocycles. The number of nitrogens with zero attached hydrogens (tertiary/aromatic N) is 1. The summed E-state index contributed by atoms with van der Waals surface area (Å²) >= 11 is 3.47. The van der Waals surface area contributed by atoms with E-state index in [1.807, 2.05) is 18.2 Å². The zero-order valence-electron chi connectivity index (χ0n) is 11.0. The average Bonchev–Trinajstić information content (AvgIpc) is 2.69. The lowest BCUT2D eigenvalue weighted by Crippen LogP contribution is -2.35. The van der Waals surface area contributed by atoms with Crippen molar-refractivity contribution in [2.45, 2.75) is 43.9 Å². The molecule has 0 saturated heterocycles. The molecule has 3 rings (SSSR count). The normalized spacial score (nSPS) is 19.5. The maximum Gasteiger partial charge on any atom is 0.202 e. The van der Waals surface area contributed by atoms with Crippen LogP contribution in [-0.4, -0.2) is 11.5 Å². The fourth-order valence-corrected chi connectivity index (χ4v) is 3.39. The number of rotatable bonds is 2. The van der Waals surface area contributed by atoms with Crippen molar-refractivity contribution >= 4 is 27.0 Å². The second kappa shape index (κ2) is 5.25. The third-order valence-corrected chi connectivity index (χ3v) is 4.75. The summed E-state index contributed by atoms with van der Waals surface area (Å²) in [5.74, 6) is 0.838. The Hall–Kier alpha value is -0.870. The monoisotopic (exact) mass is 322 g/mol. The van der Waals surface area contributed by atoms with Crippen LogP contribution in [-0.2, 0) is 5.41 Å². The highest BCUT2D eigenvalue weighted by Gasteiger charge is 2.36. The van der Waals surface area contributed by atoms with Crippen molar-refractivity contribution in [3.63, 3.8) is 0 Å². The minimum absolute atomic E-state index is 0.0536. The highest BCUT2D eigenvalue weighted by Crippen LogP contribution is 2.38. The Labute approximate surface area is 121 Å². The molecule has 102 valence electrons. The number of fused-ring (bicyclic) bond motifs is 1. The van der Waals surface area contributed by atoms with Gasteiger partial charge in [0, 0.05) is 11.0 Å². The van der Waals surface area contributed by atoms with Gasteiger partial charge in [-0.15, -0.1) is 0 Å². The zero-order valence-corrected chi connectivity index (χ0v) is 12.6. The van der Waals surface area contributed by atoms with Crippen LogP contribution < -0.4 is 5.73 Å². The van der Waals surface area contributed by atoms with Crippen LogP contribution in [0.1, 0.15) is 44.4 Å². The molecular weight excluding hydrogens is 304 g/mol. The highest BCUT2D eigenvalue weighted by atomic mass is 79.9. The summed E-state index contributed by atoms with van der Waals surface area (Å²) in [7, 11) is 0. The van der Waals surface area contributed by atoms with E-state index >= 15 is 0 Å². The fourth-order valence-electron chi connectivity index (χ4n) is 3.04. The van der Waals surface area contributed by atoms with Crippen molar-refractivity contribution in [3.05, 3.63) is 28.6 Å². The van der Waals surface area contributed by atoms with E-state index in [9.17, 15) is 0 Å². The van der Waals surface area contributed by atoms with Crippen LogP contribution in [0.25, 0.3) is 11.1 Å². The smallest absolute Gasteiger partial charge is 0.202 e. The van der Waals surface area contributed by atoms with E-state index in [1.165, 1.54) is 25.7 Å². The Balaban J connectivity index is 2.04. The van der Waals surface area contributed by atoms with Crippen LogP contribution in [0.5, 0.6) is 0 Å². The van der Waals surface area contributed by atoms with E-state index in [1.54, 1.807) is 0 Å². The van der Waals surface area contributed by atoms with Crippen LogP contribution in [0.3, 0.4) is 0 Å². The van der Waals surface area contributed by atoms with Gasteiger partial charge in [0.25, 0.3) is 0 Å². The first-order valence-electron chi connectivity index (χ1n) is 7.00. The minimum atomic E-state index is -0.0536. The predicted octanol–water partition coefficient (Wildman–Crippen LogP) is 4.14. The van der Waals surface area contributed by atoms with Crippen LogP contribution in [0.4, 0.5) is 0 Å². The van der Waals surface area contributed by atoms with Gasteiger partial charge in [-0.05, 0) is 31.0 Å². The first kappa shape index (κ1) is 13.1. The maximum atomic E-state index is 6.08. The van der Waals surface area contributed by atoms with Gasteiger partial charge >= 0.3 is 0 Å². The minimum Gasteiger partial charge on any atom is -0.440 e. The number of nitrogens with two attached hydrogens (primary N) is 1. The Morgan fingerprint density at radius 1 is 1.21 bits per heavy atom. The number of hydrogen-bond donors (Lipinski definition) is 1. The first-order chi connectivity index (χ1) is 9.23. The van der Waals surface area contributed by atoms with Gasteiger partial charge in [-0.2, -0.15) is 0 Å². The molecule has 1 saturated carbocycles. The summed E-state index contributed by atoms with van der Waals surface area (Å²) in [6.45, 7) is 0.626. The van der Waals surface area contributed by atoms with Crippen molar-refractivity contribution in [1.82, 2.24) is 4.98 Å². The quantitative estimate of drug-likeness (QED) is 0.845. The molecule has 2 N–H and O–H groups in total. The van der Waals surface area contributed by atoms with Gasteiger partial charge in [-0.25, -0.2) is 4.98 Å². The topological polar surface area (TPSA) is 52.0 Å². The molecular formula is C15H19BrN2O. The van der Waals surface area contributed by atoms with E-state index < -0.39 is 0 Å². The molecule has 0 bridgehead atoms. The van der Waals surface area contributed by atoms with Crippen molar-refractivity contribution < 1.29 is 4.42 Å². The van der Waals surface area contributed by atoms with Gasteiger partial charge in [0.15, 0.2) is 5.58 Å². The van der Waals surface area contributed by atoms with Gasteiger partial charge in [-0.3, -0.25) is 0 Å². The molecule has 1 fully saturated rings.